The predicted molar refractivity (Wildman–Crippen MR) is 215 cm³/mol. The first-order chi connectivity index (χ1) is 27.9. The average molecular weight is 760 g/mol. The van der Waals surface area contributed by atoms with Gasteiger partial charge in [-0.3, -0.25) is 14.4 Å². The number of hydrogen-bond donors (Lipinski definition) is 1. The predicted octanol–water partition coefficient (Wildman–Crippen LogP) is 8.98. The molecule has 7 rings (SSSR count). The Balaban J connectivity index is 1.06. The summed E-state index contributed by atoms with van der Waals surface area (Å²) in [6.45, 7) is 0.716. The molecular weight excluding hydrogens is 719 g/mol. The van der Waals surface area contributed by atoms with E-state index in [9.17, 15) is 19.2 Å². The van der Waals surface area contributed by atoms with Crippen LogP contribution in [0.5, 0.6) is 17.2 Å². The summed E-state index contributed by atoms with van der Waals surface area (Å²) in [5.41, 5.74) is 3.80. The molecule has 0 aromatic heterocycles. The van der Waals surface area contributed by atoms with Crippen molar-refractivity contribution in [1.82, 2.24) is 5.32 Å². The lowest BCUT2D eigenvalue weighted by molar-refractivity contribution is 0.0250. The van der Waals surface area contributed by atoms with Crippen LogP contribution in [0.15, 0.2) is 152 Å². The first-order valence-corrected chi connectivity index (χ1v) is 18.8. The van der Waals surface area contributed by atoms with E-state index in [1.54, 1.807) is 42.5 Å². The van der Waals surface area contributed by atoms with Crippen LogP contribution in [0.25, 0.3) is 0 Å². The zero-order chi connectivity index (χ0) is 39.4. The number of ketones is 1. The summed E-state index contributed by atoms with van der Waals surface area (Å²) < 4.78 is 24.1. The van der Waals surface area contributed by atoms with Crippen molar-refractivity contribution in [2.75, 3.05) is 0 Å². The fourth-order valence-electron chi connectivity index (χ4n) is 6.70. The van der Waals surface area contributed by atoms with Gasteiger partial charge in [-0.25, -0.2) is 4.79 Å². The van der Waals surface area contributed by atoms with E-state index < -0.39 is 17.9 Å². The Morgan fingerprint density at radius 1 is 0.596 bits per heavy atom. The van der Waals surface area contributed by atoms with Gasteiger partial charge in [0.15, 0.2) is 6.29 Å². The molecular formula is C48H41NO8. The molecule has 0 saturated heterocycles. The Morgan fingerprint density at radius 3 is 1.79 bits per heavy atom. The highest BCUT2D eigenvalue weighted by Gasteiger charge is 2.33. The standard InChI is InChI=1S/C48H41NO8/c50-29-38-18-10-21-43(55-31-34-14-6-2-7-15-34)45(38)46(51)40-27-24-37(28-44(40)56-32-35-16-8-3-9-17-35)48(53)57-42-20-11-19-41(42)49-47(52)36-22-25-39(26-23-36)54-30-33-12-4-1-5-13-33/h1-10,12-18,21-29,41-42H,11,19-20,30-32H2,(H,49,52)/t41-,42-/m1/s1. The number of carbonyl (C=O) groups is 4. The van der Waals surface area contributed by atoms with Crippen LogP contribution in [0.4, 0.5) is 0 Å². The van der Waals surface area contributed by atoms with Crippen LogP contribution in [0.3, 0.4) is 0 Å². The SMILES string of the molecule is O=Cc1cccc(OCc2ccccc2)c1C(=O)c1ccc(C(=O)O[C@@H]2CCC[C@H]2NC(=O)c2ccc(OCc3ccccc3)cc2)cc1OCc1ccccc1. The molecule has 0 bridgehead atoms. The molecule has 286 valence electrons. The zero-order valence-corrected chi connectivity index (χ0v) is 31.2. The Labute approximate surface area is 331 Å². The number of carbonyl (C=O) groups excluding carboxylic acids is 4. The van der Waals surface area contributed by atoms with Crippen LogP contribution in [0, 0.1) is 0 Å². The molecule has 1 aliphatic rings. The summed E-state index contributed by atoms with van der Waals surface area (Å²) >= 11 is 0. The second kappa shape index (κ2) is 18.6. The minimum Gasteiger partial charge on any atom is -0.489 e. The van der Waals surface area contributed by atoms with Crippen molar-refractivity contribution < 1.29 is 38.1 Å². The lowest BCUT2D eigenvalue weighted by Gasteiger charge is -2.22. The number of aldehydes is 1. The maximum atomic E-state index is 14.3. The van der Waals surface area contributed by atoms with Crippen molar-refractivity contribution in [3.8, 4) is 17.2 Å². The van der Waals surface area contributed by atoms with Gasteiger partial charge in [-0.2, -0.15) is 0 Å². The second-order valence-electron chi connectivity index (χ2n) is 13.7. The van der Waals surface area contributed by atoms with Gasteiger partial charge in [0.05, 0.1) is 22.7 Å². The van der Waals surface area contributed by atoms with E-state index >= 15 is 0 Å². The molecule has 0 unspecified atom stereocenters. The Bertz CT molecular complexity index is 2310. The third-order valence-corrected chi connectivity index (χ3v) is 9.74. The molecule has 0 radical (unpaired) electrons. The van der Waals surface area contributed by atoms with E-state index in [-0.39, 0.29) is 58.9 Å². The number of benzene rings is 6. The van der Waals surface area contributed by atoms with E-state index in [1.165, 1.54) is 18.2 Å². The Kier molecular flexibility index (Phi) is 12.5. The molecule has 6 aromatic rings. The van der Waals surface area contributed by atoms with Gasteiger partial charge in [0, 0.05) is 11.1 Å². The minimum atomic E-state index is -0.621. The molecule has 1 saturated carbocycles. The van der Waals surface area contributed by atoms with Crippen molar-refractivity contribution in [3.63, 3.8) is 0 Å². The highest BCUT2D eigenvalue weighted by molar-refractivity contribution is 6.16. The quantitative estimate of drug-likeness (QED) is 0.0591. The fourth-order valence-corrected chi connectivity index (χ4v) is 6.70. The summed E-state index contributed by atoms with van der Waals surface area (Å²) in [5.74, 6) is -0.372. The largest absolute Gasteiger partial charge is 0.489 e. The maximum absolute atomic E-state index is 14.3. The molecule has 9 nitrogen and oxygen atoms in total. The zero-order valence-electron chi connectivity index (χ0n) is 31.2. The molecule has 6 aromatic carbocycles. The maximum Gasteiger partial charge on any atom is 0.338 e. The summed E-state index contributed by atoms with van der Waals surface area (Å²) in [4.78, 5) is 53.5. The first kappa shape index (κ1) is 38.3. The van der Waals surface area contributed by atoms with E-state index in [2.05, 4.69) is 5.32 Å². The van der Waals surface area contributed by atoms with Crippen LogP contribution in [-0.2, 0) is 24.6 Å². The summed E-state index contributed by atoms with van der Waals surface area (Å²) in [6, 6.07) is 44.6. The lowest BCUT2D eigenvalue weighted by Crippen LogP contribution is -2.42. The van der Waals surface area contributed by atoms with Crippen molar-refractivity contribution in [2.24, 2.45) is 0 Å². The summed E-state index contributed by atoms with van der Waals surface area (Å²) in [7, 11) is 0. The number of esters is 1. The van der Waals surface area contributed by atoms with E-state index in [0.717, 1.165) is 23.1 Å². The monoisotopic (exact) mass is 759 g/mol. The van der Waals surface area contributed by atoms with Gasteiger partial charge >= 0.3 is 5.97 Å². The van der Waals surface area contributed by atoms with Gasteiger partial charge in [0.1, 0.15) is 43.2 Å². The Hall–Kier alpha value is -7.00. The summed E-state index contributed by atoms with van der Waals surface area (Å²) in [6.07, 6.45) is 2.04. The average Bonchev–Trinajstić information content (AvgIpc) is 3.70. The highest BCUT2D eigenvalue weighted by Crippen LogP contribution is 2.32. The van der Waals surface area contributed by atoms with Crippen LogP contribution in [-0.4, -0.2) is 36.1 Å². The normalized spacial score (nSPS) is 14.6. The molecule has 0 spiro atoms. The molecule has 0 heterocycles. The number of amides is 1. The van der Waals surface area contributed by atoms with Gasteiger partial charge in [-0.1, -0.05) is 103 Å². The van der Waals surface area contributed by atoms with Crippen LogP contribution >= 0.6 is 0 Å². The van der Waals surface area contributed by atoms with Crippen molar-refractivity contribution in [2.45, 2.75) is 51.2 Å². The Morgan fingerprint density at radius 2 is 1.18 bits per heavy atom. The molecule has 1 fully saturated rings. The smallest absolute Gasteiger partial charge is 0.338 e. The highest BCUT2D eigenvalue weighted by atomic mass is 16.5. The molecule has 9 heteroatoms. The molecule has 2 atom stereocenters. The second-order valence-corrected chi connectivity index (χ2v) is 13.7. The van der Waals surface area contributed by atoms with Crippen LogP contribution in [0.2, 0.25) is 0 Å². The minimum absolute atomic E-state index is 0.0854. The molecule has 1 N–H and O–H groups in total. The van der Waals surface area contributed by atoms with Crippen molar-refractivity contribution in [3.05, 3.63) is 196 Å². The third-order valence-electron chi connectivity index (χ3n) is 9.74. The van der Waals surface area contributed by atoms with Gasteiger partial charge in [-0.05, 0) is 84.5 Å². The first-order valence-electron chi connectivity index (χ1n) is 18.8. The van der Waals surface area contributed by atoms with Crippen molar-refractivity contribution in [1.29, 1.82) is 0 Å². The van der Waals surface area contributed by atoms with Crippen LogP contribution in [0.1, 0.15) is 82.9 Å². The lowest BCUT2D eigenvalue weighted by atomic mass is 9.96. The number of rotatable bonds is 16. The topological polar surface area (TPSA) is 117 Å². The fraction of sp³-hybridized carbons (Fsp3) is 0.167. The van der Waals surface area contributed by atoms with Gasteiger partial charge < -0.3 is 24.3 Å². The van der Waals surface area contributed by atoms with Crippen LogP contribution < -0.4 is 19.5 Å². The summed E-state index contributed by atoms with van der Waals surface area (Å²) in [5, 5.41) is 3.04. The van der Waals surface area contributed by atoms with E-state index in [4.69, 9.17) is 18.9 Å². The number of ether oxygens (including phenoxy) is 4. The molecule has 1 aliphatic carbocycles. The van der Waals surface area contributed by atoms with Gasteiger partial charge in [0.25, 0.3) is 5.91 Å². The molecule has 1 amide bonds. The molecule has 57 heavy (non-hydrogen) atoms. The van der Waals surface area contributed by atoms with Crippen molar-refractivity contribution >= 4 is 23.9 Å². The molecule has 0 aliphatic heterocycles. The van der Waals surface area contributed by atoms with E-state index in [0.29, 0.717) is 37.0 Å². The number of nitrogens with one attached hydrogen (secondary N) is 1. The van der Waals surface area contributed by atoms with E-state index in [1.807, 2.05) is 91.0 Å². The third kappa shape index (κ3) is 9.82. The van der Waals surface area contributed by atoms with Gasteiger partial charge in [-0.15, -0.1) is 0 Å². The number of hydrogen-bond acceptors (Lipinski definition) is 8. The van der Waals surface area contributed by atoms with Gasteiger partial charge in [0.2, 0.25) is 5.78 Å².